The average molecular weight is 1680 g/mol. The van der Waals surface area contributed by atoms with Gasteiger partial charge in [-0.2, -0.15) is 0 Å². The number of carbonyl (C=O) groups excluding carboxylic acids is 2. The van der Waals surface area contributed by atoms with E-state index in [0.717, 1.165) is 63.9 Å². The van der Waals surface area contributed by atoms with Crippen molar-refractivity contribution in [3.63, 3.8) is 0 Å². The van der Waals surface area contributed by atoms with E-state index in [-0.39, 0.29) is 108 Å². The van der Waals surface area contributed by atoms with Crippen molar-refractivity contribution >= 4 is 115 Å². The van der Waals surface area contributed by atoms with Crippen LogP contribution in [0.1, 0.15) is 199 Å². The van der Waals surface area contributed by atoms with Crippen molar-refractivity contribution in [3.05, 3.63) is 38.0 Å². The van der Waals surface area contributed by atoms with Gasteiger partial charge in [-0.15, -0.1) is 0 Å². The van der Waals surface area contributed by atoms with Gasteiger partial charge in [-0.3, -0.25) is 50.4 Å². The van der Waals surface area contributed by atoms with E-state index >= 15 is 0 Å². The number of phosphoric ester groups is 2. The van der Waals surface area contributed by atoms with Crippen molar-refractivity contribution in [2.24, 2.45) is 0 Å². The summed E-state index contributed by atoms with van der Waals surface area (Å²) in [5.74, 6) is -1.26. The topological polar surface area (TPSA) is 532 Å². The van der Waals surface area contributed by atoms with Crippen LogP contribution in [0.15, 0.2) is 38.0 Å². The molecule has 45 heteroatoms. The van der Waals surface area contributed by atoms with Gasteiger partial charge in [0.05, 0.1) is 38.8 Å². The molecule has 16 atom stereocenters. The molecule has 0 aliphatic carbocycles. The highest BCUT2D eigenvalue weighted by atomic mass is 32.7. The number of ether oxygens (including phenoxy) is 7. The van der Waals surface area contributed by atoms with Crippen LogP contribution in [0.3, 0.4) is 0 Å². The molecule has 0 saturated carbocycles. The lowest BCUT2D eigenvalue weighted by Crippen LogP contribution is -2.51. The molecule has 0 amide bonds. The smallest absolute Gasteiger partial charge is 0.465 e. The summed E-state index contributed by atoms with van der Waals surface area (Å²) in [5, 5.41) is 12.2. The van der Waals surface area contributed by atoms with Crippen LogP contribution in [0.2, 0.25) is 0 Å². The molecular formula is C66H105N15O24P4S2. The minimum atomic E-state index is -5.54. The third-order valence-corrected chi connectivity index (χ3v) is 27.5. The van der Waals surface area contributed by atoms with Gasteiger partial charge >= 0.3 is 41.2 Å². The molecular weight excluding hydrogens is 1570 g/mol. The zero-order valence-electron chi connectivity index (χ0n) is 62.6. The summed E-state index contributed by atoms with van der Waals surface area (Å²) in [6.45, 7) is -7.71. The van der Waals surface area contributed by atoms with E-state index in [2.05, 4.69) is 58.7 Å². The van der Waals surface area contributed by atoms with Gasteiger partial charge in [0.2, 0.25) is 0 Å². The Kier molecular flexibility index (Phi) is 33.6. The maximum atomic E-state index is 14.7. The van der Waals surface area contributed by atoms with Crippen molar-refractivity contribution in [2.45, 2.75) is 254 Å². The number of hydrogen-bond donors (Lipinski definition) is 8. The normalized spacial score (nSPS) is 25.6. The van der Waals surface area contributed by atoms with Gasteiger partial charge in [0, 0.05) is 38.1 Å². The number of nitrogens with two attached hydrogens (primary N) is 3. The Morgan fingerprint density at radius 1 is 0.523 bits per heavy atom. The molecule has 111 heavy (non-hydrogen) atoms. The largest absolute Gasteiger partial charge is 0.472 e. The first kappa shape index (κ1) is 88.3. The highest BCUT2D eigenvalue weighted by molar-refractivity contribution is 8.55. The van der Waals surface area contributed by atoms with Crippen LogP contribution in [-0.2, 0) is 88.1 Å². The predicted molar refractivity (Wildman–Crippen MR) is 406 cm³/mol. The molecule has 6 aromatic heterocycles. The Morgan fingerprint density at radius 3 is 1.43 bits per heavy atom. The number of rotatable bonds is 51. The standard InChI is InChI=1S/C66H105N15O24P4S2/c1-4-6-8-10-12-14-16-18-20-22-24-27-46(82)94-31-33-110-108(89,90)98-36-45-52(93-3)54(64(101-45)80-42-77-49-58(68)71-39-74-61(49)80)104-106(85,86)97-35-44-51(84)53(63(100-44)79-41-76-48-57(67)70-38-73-60(48)79)103-107(87,88)99-37-66-29-26-30-96-56(66)55(65(102-66)81-43-78-50-59(69)72-40-75-62(50)81)105-109(91,92)111-34-32-95-47(83)28-25-23-21-19-17-15-13-11-9-7-5-2/h38-45,51-56,63-65,84H,4-37H2,1-3H3,(H,85,86)(H,87,88)(H,89,90)(H,91,92)(H2,67,70,73)(H2,68,71,74)(H2,69,72,75)/t44-,45-,51+,52-,53?,54?,55?,56-,63-,64-,65-,66-/m1/s1. The highest BCUT2D eigenvalue weighted by Gasteiger charge is 2.62. The summed E-state index contributed by atoms with van der Waals surface area (Å²) in [7, 11) is -9.81. The maximum absolute atomic E-state index is 14.7. The van der Waals surface area contributed by atoms with Crippen molar-refractivity contribution in [1.29, 1.82) is 0 Å². The number of fused-ring (bicyclic) bond motifs is 4. The second-order valence-electron chi connectivity index (χ2n) is 27.7. The van der Waals surface area contributed by atoms with Gasteiger partial charge in [-0.25, -0.2) is 63.1 Å². The summed E-state index contributed by atoms with van der Waals surface area (Å²) in [6.07, 6.45) is 14.7. The van der Waals surface area contributed by atoms with E-state index in [0.29, 0.717) is 35.6 Å². The molecule has 4 fully saturated rings. The highest BCUT2D eigenvalue weighted by Crippen LogP contribution is 2.62. The first-order valence-electron chi connectivity index (χ1n) is 37.9. The van der Waals surface area contributed by atoms with E-state index in [4.69, 9.17) is 77.5 Å². The Morgan fingerprint density at radius 2 is 0.946 bits per heavy atom. The number of aromatic nitrogens is 12. The molecule has 4 aliphatic heterocycles. The zero-order valence-corrected chi connectivity index (χ0v) is 67.8. The van der Waals surface area contributed by atoms with Crippen LogP contribution in [-0.4, -0.2) is 208 Å². The number of methoxy groups -OCH3 is 1. The third-order valence-electron chi connectivity index (χ3n) is 19.6. The first-order chi connectivity index (χ1) is 53.4. The van der Waals surface area contributed by atoms with E-state index in [9.17, 15) is 52.5 Å². The summed E-state index contributed by atoms with van der Waals surface area (Å²) < 4.78 is 137. The molecule has 0 aromatic carbocycles. The number of anilines is 3. The monoisotopic (exact) mass is 1680 g/mol. The van der Waals surface area contributed by atoms with Gasteiger partial charge in [0.15, 0.2) is 53.1 Å². The van der Waals surface area contributed by atoms with Gasteiger partial charge in [0.1, 0.15) is 103 Å². The summed E-state index contributed by atoms with van der Waals surface area (Å²) in [5.41, 5.74) is 17.1. The Hall–Kier alpha value is -5.03. The van der Waals surface area contributed by atoms with Gasteiger partial charge in [-0.1, -0.05) is 142 Å². The van der Waals surface area contributed by atoms with Crippen molar-refractivity contribution < 1.29 is 113 Å². The zero-order chi connectivity index (χ0) is 79.2. The quantitative estimate of drug-likeness (QED) is 0.00999. The molecule has 0 spiro atoms. The molecule has 4 saturated heterocycles. The van der Waals surface area contributed by atoms with Crippen LogP contribution in [0, 0.1) is 0 Å². The van der Waals surface area contributed by atoms with Gasteiger partial charge in [-0.05, 0) is 48.4 Å². The lowest BCUT2D eigenvalue weighted by molar-refractivity contribution is -0.165. The number of imidazole rings is 3. The molecule has 4 aliphatic rings. The fraction of sp³-hybridized carbons (Fsp3) is 0.742. The van der Waals surface area contributed by atoms with Crippen LogP contribution in [0.5, 0.6) is 0 Å². The lowest BCUT2D eigenvalue weighted by Gasteiger charge is -2.38. The van der Waals surface area contributed by atoms with E-state index in [1.165, 1.54) is 123 Å². The fourth-order valence-corrected chi connectivity index (χ4v) is 20.3. The Labute approximate surface area is 650 Å². The molecule has 0 bridgehead atoms. The number of phosphoric acid groups is 2. The van der Waals surface area contributed by atoms with Crippen LogP contribution >= 0.6 is 52.0 Å². The number of hydrogen-bond acceptors (Lipinski definition) is 34. The number of carbonyl (C=O) groups is 2. The van der Waals surface area contributed by atoms with Crippen molar-refractivity contribution in [1.82, 2.24) is 58.6 Å². The van der Waals surface area contributed by atoms with Gasteiger partial charge in [0.25, 0.3) is 0 Å². The second kappa shape index (κ2) is 42.2. The van der Waals surface area contributed by atoms with Gasteiger partial charge < -0.3 is 75.0 Å². The molecule has 620 valence electrons. The minimum Gasteiger partial charge on any atom is -0.465 e. The van der Waals surface area contributed by atoms with Crippen LogP contribution < -0.4 is 17.2 Å². The number of esters is 2. The number of nitrogens with zero attached hydrogens (tertiary/aromatic N) is 12. The molecule has 10 rings (SSSR count). The van der Waals surface area contributed by atoms with Crippen LogP contribution in [0.25, 0.3) is 33.5 Å². The first-order valence-corrected chi connectivity index (χ1v) is 47.2. The number of unbranched alkanes of at least 4 members (excludes halogenated alkanes) is 20. The van der Waals surface area contributed by atoms with Crippen molar-refractivity contribution in [3.8, 4) is 0 Å². The van der Waals surface area contributed by atoms with E-state index in [1.54, 1.807) is 0 Å². The SMILES string of the molecule is CCCCCCCCCCCCCC(=O)OCCSP(=O)(O)OC[C@H]1O[C@@H](n2cnc3c(N)ncnc32)C(OP(=O)(O)OC[C@H]2O[C@@H](n3cnc4c(N)ncnc43)C(OP(=O)(O)OC[C@]34CCCO[C@@H]3C(OP(=O)(O)SCCOC(=O)CCCCCCCCCCCCC)[C@H](n3cnc5c(N)ncnc53)O4)[C@H]2O)[C@@H]1OC. The van der Waals surface area contributed by atoms with Crippen LogP contribution in [0.4, 0.5) is 17.5 Å². The third kappa shape index (κ3) is 24.5. The predicted octanol–water partition coefficient (Wildman–Crippen LogP) is 10.4. The Balaban J connectivity index is 0.781. The van der Waals surface area contributed by atoms with E-state index in [1.807, 2.05) is 0 Å². The van der Waals surface area contributed by atoms with E-state index < -0.39 is 134 Å². The summed E-state index contributed by atoms with van der Waals surface area (Å²) in [4.78, 5) is 109. The second-order valence-corrected chi connectivity index (χ2v) is 38.5. The summed E-state index contributed by atoms with van der Waals surface area (Å²) in [6, 6.07) is 0. The molecule has 39 nitrogen and oxygen atoms in total. The lowest BCUT2D eigenvalue weighted by atomic mass is 9.89. The maximum Gasteiger partial charge on any atom is 0.472 e. The molecule has 0 radical (unpaired) electrons. The molecule has 11 N–H and O–H groups in total. The number of aliphatic hydroxyl groups excluding tert-OH is 1. The summed E-state index contributed by atoms with van der Waals surface area (Å²) >= 11 is 1.00. The molecule has 6 aromatic rings. The number of nitrogen functional groups attached to an aromatic ring is 3. The average Bonchev–Trinajstić information content (AvgIpc) is 1.58. The molecule has 10 heterocycles. The molecule has 7 unspecified atom stereocenters. The minimum absolute atomic E-state index is 0.00934. The van der Waals surface area contributed by atoms with Crippen molar-refractivity contribution in [2.75, 3.05) is 75.5 Å². The fourth-order valence-electron chi connectivity index (χ4n) is 13.9. The number of aliphatic hydroxyl groups is 1. The Bertz CT molecular complexity index is 4160.